The Morgan fingerprint density at radius 3 is 2.43 bits per heavy atom. The second-order valence-corrected chi connectivity index (χ2v) is 5.51. The van der Waals surface area contributed by atoms with Gasteiger partial charge in [-0.05, 0) is 35.7 Å². The van der Waals surface area contributed by atoms with Crippen LogP contribution >= 0.6 is 11.6 Å². The Balaban J connectivity index is 1.92. The minimum Gasteiger partial charge on any atom is -0.367 e. The normalized spacial score (nSPS) is 15.0. The molecule has 0 unspecified atom stereocenters. The standard InChI is InChI=1S/C16H13ClF3N/c17-15-6-5-13(9-14(15)16(18,19)20)21-8-7-11-3-1-2-4-12(11)10-21/h1-6,9H,7-8,10H2. The van der Waals surface area contributed by atoms with Gasteiger partial charge < -0.3 is 4.90 Å². The maximum absolute atomic E-state index is 12.9. The molecule has 1 heterocycles. The Bertz CT molecular complexity index is 667. The highest BCUT2D eigenvalue weighted by Crippen LogP contribution is 2.37. The Kier molecular flexibility index (Phi) is 3.57. The van der Waals surface area contributed by atoms with Crippen LogP contribution in [0.5, 0.6) is 0 Å². The van der Waals surface area contributed by atoms with Crippen molar-refractivity contribution in [3.8, 4) is 0 Å². The maximum atomic E-state index is 12.9. The molecule has 0 saturated heterocycles. The van der Waals surface area contributed by atoms with E-state index in [9.17, 15) is 13.2 Å². The van der Waals surface area contributed by atoms with Crippen LogP contribution in [0.2, 0.25) is 5.02 Å². The molecule has 2 aromatic carbocycles. The summed E-state index contributed by atoms with van der Waals surface area (Å²) in [6, 6.07) is 12.1. The van der Waals surface area contributed by atoms with Crippen LogP contribution in [-0.2, 0) is 19.1 Å². The fourth-order valence-corrected chi connectivity index (χ4v) is 2.87. The number of benzene rings is 2. The molecule has 0 aromatic heterocycles. The Labute approximate surface area is 126 Å². The maximum Gasteiger partial charge on any atom is 0.417 e. The summed E-state index contributed by atoms with van der Waals surface area (Å²) in [4.78, 5) is 1.95. The third kappa shape index (κ3) is 2.86. The molecule has 1 aliphatic rings. The SMILES string of the molecule is FC(F)(F)c1cc(N2CCc3ccccc3C2)ccc1Cl. The number of rotatable bonds is 1. The summed E-state index contributed by atoms with van der Waals surface area (Å²) in [6.45, 7) is 1.32. The van der Waals surface area contributed by atoms with E-state index in [4.69, 9.17) is 11.6 Å². The molecular weight excluding hydrogens is 299 g/mol. The predicted octanol–water partition coefficient (Wildman–Crippen LogP) is 4.92. The van der Waals surface area contributed by atoms with Crippen molar-refractivity contribution < 1.29 is 13.2 Å². The van der Waals surface area contributed by atoms with E-state index in [2.05, 4.69) is 6.07 Å². The number of anilines is 1. The molecule has 110 valence electrons. The molecule has 0 N–H and O–H groups in total. The number of halogens is 4. The van der Waals surface area contributed by atoms with Gasteiger partial charge in [-0.15, -0.1) is 0 Å². The molecule has 0 aliphatic carbocycles. The van der Waals surface area contributed by atoms with Crippen LogP contribution in [0.1, 0.15) is 16.7 Å². The first-order valence-electron chi connectivity index (χ1n) is 6.63. The molecule has 1 aliphatic heterocycles. The smallest absolute Gasteiger partial charge is 0.367 e. The molecule has 5 heteroatoms. The van der Waals surface area contributed by atoms with Gasteiger partial charge in [0.2, 0.25) is 0 Å². The lowest BCUT2D eigenvalue weighted by Gasteiger charge is -2.31. The molecule has 0 radical (unpaired) electrons. The summed E-state index contributed by atoms with van der Waals surface area (Å²) in [7, 11) is 0. The van der Waals surface area contributed by atoms with Gasteiger partial charge in [0.1, 0.15) is 0 Å². The van der Waals surface area contributed by atoms with E-state index in [0.717, 1.165) is 18.1 Å². The van der Waals surface area contributed by atoms with Crippen molar-refractivity contribution in [2.45, 2.75) is 19.1 Å². The Hall–Kier alpha value is -1.68. The van der Waals surface area contributed by atoms with Gasteiger partial charge in [0.25, 0.3) is 0 Å². The second kappa shape index (κ2) is 5.26. The summed E-state index contributed by atoms with van der Waals surface area (Å²) in [5.74, 6) is 0. The van der Waals surface area contributed by atoms with E-state index in [0.29, 0.717) is 18.8 Å². The van der Waals surface area contributed by atoms with Crippen LogP contribution in [0.25, 0.3) is 0 Å². The van der Waals surface area contributed by atoms with Gasteiger partial charge >= 0.3 is 6.18 Å². The zero-order chi connectivity index (χ0) is 15.0. The van der Waals surface area contributed by atoms with Gasteiger partial charge in [0.05, 0.1) is 10.6 Å². The number of hydrogen-bond acceptors (Lipinski definition) is 1. The van der Waals surface area contributed by atoms with Gasteiger partial charge in [-0.1, -0.05) is 35.9 Å². The summed E-state index contributed by atoms with van der Waals surface area (Å²) in [5, 5.41) is -0.261. The topological polar surface area (TPSA) is 3.24 Å². The average Bonchev–Trinajstić information content (AvgIpc) is 2.46. The molecule has 0 bridgehead atoms. The predicted molar refractivity (Wildman–Crippen MR) is 77.7 cm³/mol. The van der Waals surface area contributed by atoms with Crippen molar-refractivity contribution in [1.82, 2.24) is 0 Å². The summed E-state index contributed by atoms with van der Waals surface area (Å²) in [5.41, 5.74) is 2.20. The zero-order valence-electron chi connectivity index (χ0n) is 11.1. The summed E-state index contributed by atoms with van der Waals surface area (Å²) >= 11 is 5.66. The number of alkyl halides is 3. The first-order valence-corrected chi connectivity index (χ1v) is 7.01. The quantitative estimate of drug-likeness (QED) is 0.722. The highest BCUT2D eigenvalue weighted by molar-refractivity contribution is 6.31. The third-order valence-corrected chi connectivity index (χ3v) is 4.08. The molecule has 0 saturated carbocycles. The third-order valence-electron chi connectivity index (χ3n) is 3.75. The second-order valence-electron chi connectivity index (χ2n) is 5.10. The van der Waals surface area contributed by atoms with E-state index in [-0.39, 0.29) is 5.02 Å². The molecule has 3 rings (SSSR count). The monoisotopic (exact) mass is 311 g/mol. The lowest BCUT2D eigenvalue weighted by Crippen LogP contribution is -2.30. The van der Waals surface area contributed by atoms with E-state index < -0.39 is 11.7 Å². The minimum absolute atomic E-state index is 0.261. The Morgan fingerprint density at radius 1 is 1.00 bits per heavy atom. The van der Waals surface area contributed by atoms with Crippen LogP contribution in [0.3, 0.4) is 0 Å². The first kappa shape index (κ1) is 14.3. The van der Waals surface area contributed by atoms with E-state index in [1.54, 1.807) is 6.07 Å². The van der Waals surface area contributed by atoms with Crippen LogP contribution in [0, 0.1) is 0 Å². The molecule has 21 heavy (non-hydrogen) atoms. The first-order chi connectivity index (χ1) is 9.95. The van der Waals surface area contributed by atoms with Gasteiger partial charge in [0.15, 0.2) is 0 Å². The minimum atomic E-state index is -4.43. The molecule has 0 spiro atoms. The number of nitrogens with zero attached hydrogens (tertiary/aromatic N) is 1. The molecule has 0 atom stereocenters. The molecular formula is C16H13ClF3N. The average molecular weight is 312 g/mol. The van der Waals surface area contributed by atoms with Gasteiger partial charge in [-0.2, -0.15) is 13.2 Å². The molecule has 0 fully saturated rings. The lowest BCUT2D eigenvalue weighted by atomic mass is 9.99. The van der Waals surface area contributed by atoms with Crippen LogP contribution in [-0.4, -0.2) is 6.54 Å². The Morgan fingerprint density at radius 2 is 1.71 bits per heavy atom. The van der Waals surface area contributed by atoms with Crippen LogP contribution < -0.4 is 4.90 Å². The molecule has 0 amide bonds. The van der Waals surface area contributed by atoms with Gasteiger partial charge in [-0.25, -0.2) is 0 Å². The largest absolute Gasteiger partial charge is 0.417 e. The fraction of sp³-hybridized carbons (Fsp3) is 0.250. The zero-order valence-corrected chi connectivity index (χ0v) is 11.9. The van der Waals surface area contributed by atoms with Gasteiger partial charge in [0, 0.05) is 18.8 Å². The van der Waals surface area contributed by atoms with E-state index in [1.165, 1.54) is 11.6 Å². The van der Waals surface area contributed by atoms with Crippen molar-refractivity contribution in [1.29, 1.82) is 0 Å². The lowest BCUT2D eigenvalue weighted by molar-refractivity contribution is -0.137. The van der Waals surface area contributed by atoms with E-state index >= 15 is 0 Å². The molecule has 1 nitrogen and oxygen atoms in total. The van der Waals surface area contributed by atoms with Crippen LogP contribution in [0.4, 0.5) is 18.9 Å². The van der Waals surface area contributed by atoms with Gasteiger partial charge in [-0.3, -0.25) is 0 Å². The van der Waals surface area contributed by atoms with Crippen LogP contribution in [0.15, 0.2) is 42.5 Å². The van der Waals surface area contributed by atoms with Crippen molar-refractivity contribution in [2.75, 3.05) is 11.4 Å². The number of hydrogen-bond donors (Lipinski definition) is 0. The van der Waals surface area contributed by atoms with Crippen molar-refractivity contribution in [3.63, 3.8) is 0 Å². The van der Waals surface area contributed by atoms with Crippen molar-refractivity contribution in [3.05, 3.63) is 64.2 Å². The summed E-state index contributed by atoms with van der Waals surface area (Å²) < 4.78 is 38.8. The number of fused-ring (bicyclic) bond motifs is 1. The highest BCUT2D eigenvalue weighted by atomic mass is 35.5. The van der Waals surface area contributed by atoms with E-state index in [1.807, 2.05) is 23.1 Å². The highest BCUT2D eigenvalue weighted by Gasteiger charge is 2.34. The van der Waals surface area contributed by atoms with Crippen molar-refractivity contribution in [2.24, 2.45) is 0 Å². The fourth-order valence-electron chi connectivity index (χ4n) is 2.64. The summed E-state index contributed by atoms with van der Waals surface area (Å²) in [6.07, 6.45) is -3.60. The molecule has 2 aromatic rings. The van der Waals surface area contributed by atoms with Crippen molar-refractivity contribution >= 4 is 17.3 Å².